The van der Waals surface area contributed by atoms with Gasteiger partial charge in [0.2, 0.25) is 0 Å². The lowest BCUT2D eigenvalue weighted by Crippen LogP contribution is -2.21. The maximum Gasteiger partial charge on any atom is 0.0781 e. The lowest BCUT2D eigenvalue weighted by Gasteiger charge is -2.13. The summed E-state index contributed by atoms with van der Waals surface area (Å²) in [7, 11) is 0. The molecule has 0 aliphatic rings. The highest BCUT2D eigenvalue weighted by molar-refractivity contribution is 4.49. The molecule has 0 fully saturated rings. The van der Waals surface area contributed by atoms with Crippen LogP contribution in [0, 0.1) is 0 Å². The molecule has 0 aromatic rings. The Hall–Kier alpha value is -0.200. The molecule has 0 radical (unpaired) electrons. The number of hydrogen-bond acceptors (Lipinski definition) is 5. The third-order valence-electron chi connectivity index (χ3n) is 1.74. The van der Waals surface area contributed by atoms with Crippen molar-refractivity contribution in [3.63, 3.8) is 0 Å². The van der Waals surface area contributed by atoms with Gasteiger partial charge in [0, 0.05) is 13.2 Å². The van der Waals surface area contributed by atoms with E-state index in [0.29, 0.717) is 33.0 Å². The molecule has 0 aromatic carbocycles. The third-order valence-corrected chi connectivity index (χ3v) is 1.74. The Bertz CT molecular complexity index is 150. The Morgan fingerprint density at radius 2 is 1.22 bits per heavy atom. The molecule has 0 spiro atoms. The van der Waals surface area contributed by atoms with Crippen molar-refractivity contribution in [3.8, 4) is 0 Å². The van der Waals surface area contributed by atoms with Crippen molar-refractivity contribution in [2.75, 3.05) is 33.0 Å². The van der Waals surface area contributed by atoms with Gasteiger partial charge in [-0.1, -0.05) is 0 Å². The lowest BCUT2D eigenvalue weighted by atomic mass is 10.4. The molecular formula is C13H30O5. The van der Waals surface area contributed by atoms with Gasteiger partial charge in [-0.25, -0.2) is 0 Å². The molecule has 5 nitrogen and oxygen atoms in total. The fourth-order valence-electron chi connectivity index (χ4n) is 0.924. The summed E-state index contributed by atoms with van der Waals surface area (Å²) in [5.74, 6) is 0. The van der Waals surface area contributed by atoms with Gasteiger partial charge in [0.15, 0.2) is 0 Å². The predicted octanol–water partition coefficient (Wildman–Crippen LogP) is 1.21. The SMILES string of the molecule is CCOCC(C)O.CCOCC(C)OCC(C)O. The monoisotopic (exact) mass is 266 g/mol. The van der Waals surface area contributed by atoms with Crippen molar-refractivity contribution in [1.29, 1.82) is 0 Å². The van der Waals surface area contributed by atoms with Crippen LogP contribution in [0.15, 0.2) is 0 Å². The van der Waals surface area contributed by atoms with Gasteiger partial charge >= 0.3 is 0 Å². The zero-order valence-corrected chi connectivity index (χ0v) is 12.4. The Labute approximate surface area is 111 Å². The first-order valence-corrected chi connectivity index (χ1v) is 6.57. The summed E-state index contributed by atoms with van der Waals surface area (Å²) in [6.45, 7) is 12.0. The first-order chi connectivity index (χ1) is 8.43. The molecular weight excluding hydrogens is 236 g/mol. The first kappa shape index (κ1) is 20.1. The summed E-state index contributed by atoms with van der Waals surface area (Å²) >= 11 is 0. The van der Waals surface area contributed by atoms with Gasteiger partial charge in [-0.05, 0) is 34.6 Å². The second-order valence-corrected chi connectivity index (χ2v) is 4.16. The second kappa shape index (κ2) is 14.9. The molecule has 0 aliphatic carbocycles. The fourth-order valence-corrected chi connectivity index (χ4v) is 0.924. The lowest BCUT2D eigenvalue weighted by molar-refractivity contribution is -0.0344. The Kier molecular flexibility index (Phi) is 16.6. The average Bonchev–Trinajstić information content (AvgIpc) is 2.31. The van der Waals surface area contributed by atoms with Crippen LogP contribution in [0.1, 0.15) is 34.6 Å². The molecule has 0 bridgehead atoms. The number of rotatable bonds is 9. The maximum atomic E-state index is 8.86. The van der Waals surface area contributed by atoms with E-state index < -0.39 is 0 Å². The van der Waals surface area contributed by atoms with E-state index in [9.17, 15) is 0 Å². The van der Waals surface area contributed by atoms with Gasteiger partial charge in [0.25, 0.3) is 0 Å². The van der Waals surface area contributed by atoms with Crippen molar-refractivity contribution in [2.45, 2.75) is 52.9 Å². The number of ether oxygens (including phenoxy) is 3. The van der Waals surface area contributed by atoms with Gasteiger partial charge in [-0.2, -0.15) is 0 Å². The molecule has 0 amide bonds. The molecule has 2 N–H and O–H groups in total. The fraction of sp³-hybridized carbons (Fsp3) is 1.00. The zero-order chi connectivity index (χ0) is 14.4. The third kappa shape index (κ3) is 21.1. The summed E-state index contributed by atoms with van der Waals surface area (Å²) in [6, 6.07) is 0. The van der Waals surface area contributed by atoms with E-state index in [-0.39, 0.29) is 18.3 Å². The molecule has 0 aromatic heterocycles. The van der Waals surface area contributed by atoms with Crippen LogP contribution in [0.2, 0.25) is 0 Å². The predicted molar refractivity (Wildman–Crippen MR) is 71.8 cm³/mol. The summed E-state index contributed by atoms with van der Waals surface area (Å²) in [5.41, 5.74) is 0. The molecule has 3 atom stereocenters. The first-order valence-electron chi connectivity index (χ1n) is 6.57. The largest absolute Gasteiger partial charge is 0.391 e. The molecule has 0 heterocycles. The van der Waals surface area contributed by atoms with Crippen molar-refractivity contribution in [1.82, 2.24) is 0 Å². The van der Waals surface area contributed by atoms with Gasteiger partial charge in [-0.3, -0.25) is 0 Å². The van der Waals surface area contributed by atoms with Gasteiger partial charge in [0.05, 0.1) is 38.1 Å². The van der Waals surface area contributed by atoms with E-state index in [1.165, 1.54) is 0 Å². The normalized spacial score (nSPS) is 15.5. The summed E-state index contributed by atoms with van der Waals surface area (Å²) < 4.78 is 15.2. The van der Waals surface area contributed by atoms with Crippen LogP contribution >= 0.6 is 0 Å². The van der Waals surface area contributed by atoms with Gasteiger partial charge in [-0.15, -0.1) is 0 Å². The number of aliphatic hydroxyl groups excluding tert-OH is 2. The number of aliphatic hydroxyl groups is 2. The average molecular weight is 266 g/mol. The standard InChI is InChI=1S/C8H18O3.C5H12O2/c1-4-10-6-8(3)11-5-7(2)9;1-3-7-4-5(2)6/h7-9H,4-6H2,1-3H3;5-6H,3-4H2,1-2H3. The van der Waals surface area contributed by atoms with Gasteiger partial charge in [0.1, 0.15) is 0 Å². The molecule has 0 saturated carbocycles. The van der Waals surface area contributed by atoms with Crippen molar-refractivity contribution in [3.05, 3.63) is 0 Å². The summed E-state index contributed by atoms with van der Waals surface area (Å²) in [6.07, 6.45) is -0.636. The topological polar surface area (TPSA) is 68.2 Å². The van der Waals surface area contributed by atoms with Crippen molar-refractivity contribution < 1.29 is 24.4 Å². The summed E-state index contributed by atoms with van der Waals surface area (Å²) in [5, 5.41) is 17.4. The van der Waals surface area contributed by atoms with E-state index in [1.54, 1.807) is 13.8 Å². The maximum absolute atomic E-state index is 8.86. The van der Waals surface area contributed by atoms with Crippen LogP contribution < -0.4 is 0 Å². The quantitative estimate of drug-likeness (QED) is 0.656. The Balaban J connectivity index is 0. The summed E-state index contributed by atoms with van der Waals surface area (Å²) in [4.78, 5) is 0. The smallest absolute Gasteiger partial charge is 0.0781 e. The Morgan fingerprint density at radius 3 is 1.56 bits per heavy atom. The van der Waals surface area contributed by atoms with Crippen LogP contribution in [-0.2, 0) is 14.2 Å². The molecule has 0 saturated heterocycles. The van der Waals surface area contributed by atoms with E-state index in [0.717, 1.165) is 0 Å². The molecule has 5 heteroatoms. The van der Waals surface area contributed by atoms with Crippen LogP contribution in [0.25, 0.3) is 0 Å². The minimum Gasteiger partial charge on any atom is -0.391 e. The Morgan fingerprint density at radius 1 is 0.778 bits per heavy atom. The highest BCUT2D eigenvalue weighted by atomic mass is 16.5. The second-order valence-electron chi connectivity index (χ2n) is 4.16. The highest BCUT2D eigenvalue weighted by Gasteiger charge is 2.03. The number of hydrogen-bond donors (Lipinski definition) is 2. The minimum absolute atomic E-state index is 0.0737. The van der Waals surface area contributed by atoms with E-state index in [2.05, 4.69) is 0 Å². The van der Waals surface area contributed by atoms with Crippen molar-refractivity contribution in [2.24, 2.45) is 0 Å². The van der Waals surface area contributed by atoms with Crippen LogP contribution in [0.4, 0.5) is 0 Å². The molecule has 0 rings (SSSR count). The van der Waals surface area contributed by atoms with Crippen LogP contribution in [0.3, 0.4) is 0 Å². The molecule has 112 valence electrons. The van der Waals surface area contributed by atoms with Crippen molar-refractivity contribution >= 4 is 0 Å². The van der Waals surface area contributed by atoms with Crippen LogP contribution in [0.5, 0.6) is 0 Å². The van der Waals surface area contributed by atoms with E-state index in [4.69, 9.17) is 24.4 Å². The molecule has 18 heavy (non-hydrogen) atoms. The molecule has 3 unspecified atom stereocenters. The minimum atomic E-state index is -0.390. The highest BCUT2D eigenvalue weighted by Crippen LogP contribution is 1.93. The van der Waals surface area contributed by atoms with Crippen LogP contribution in [-0.4, -0.2) is 61.6 Å². The van der Waals surface area contributed by atoms with E-state index in [1.807, 2.05) is 20.8 Å². The zero-order valence-electron chi connectivity index (χ0n) is 12.4. The van der Waals surface area contributed by atoms with Gasteiger partial charge < -0.3 is 24.4 Å². The van der Waals surface area contributed by atoms with E-state index >= 15 is 0 Å². The molecule has 0 aliphatic heterocycles.